The van der Waals surface area contributed by atoms with E-state index in [4.69, 9.17) is 4.74 Å². The number of rotatable bonds is 7. The highest BCUT2D eigenvalue weighted by atomic mass is 32.2. The van der Waals surface area contributed by atoms with Gasteiger partial charge in [0.25, 0.3) is 0 Å². The third kappa shape index (κ3) is 4.68. The molecule has 0 aliphatic heterocycles. The van der Waals surface area contributed by atoms with Gasteiger partial charge in [0.05, 0.1) is 24.2 Å². The number of hydrogen-bond acceptors (Lipinski definition) is 5. The van der Waals surface area contributed by atoms with Crippen LogP contribution in [0, 0.1) is 6.92 Å². The first-order chi connectivity index (χ1) is 15.9. The molecular formula is C26H24N2O4S. The second-order valence-corrected chi connectivity index (χ2v) is 9.47. The number of hydrogen-bond donors (Lipinski definition) is 2. The van der Waals surface area contributed by atoms with E-state index in [0.29, 0.717) is 11.4 Å². The smallest absolute Gasteiger partial charge is 0.243 e. The van der Waals surface area contributed by atoms with Gasteiger partial charge in [-0.25, -0.2) is 8.42 Å². The van der Waals surface area contributed by atoms with Gasteiger partial charge in [0.15, 0.2) is 0 Å². The molecule has 0 aliphatic rings. The number of benzene rings is 4. The molecule has 7 heteroatoms. The quantitative estimate of drug-likeness (QED) is 0.404. The van der Waals surface area contributed by atoms with Gasteiger partial charge < -0.3 is 15.4 Å². The fraction of sp³-hybridized carbons (Fsp3) is 0.115. The fourth-order valence-corrected chi connectivity index (χ4v) is 5.21. The number of carbonyl (C=O) groups excluding carboxylic acids is 1. The Kier molecular flexibility index (Phi) is 6.33. The molecule has 0 aliphatic carbocycles. The van der Waals surface area contributed by atoms with Crippen LogP contribution in [-0.2, 0) is 14.6 Å². The van der Waals surface area contributed by atoms with E-state index in [9.17, 15) is 13.2 Å². The van der Waals surface area contributed by atoms with Gasteiger partial charge in [0, 0.05) is 11.1 Å². The standard InChI is InChI=1S/C26H24N2O4S/c1-18-13-15-20(16-14-18)33(30,31)26-23(11-6-12-24(26)32-2)27-17-25(29)28-22-10-5-8-19-7-3-4-9-21(19)22/h3-16,27H,17H2,1-2H3,(H,28,29). The van der Waals surface area contributed by atoms with Gasteiger partial charge in [-0.15, -0.1) is 0 Å². The Labute approximate surface area is 193 Å². The largest absolute Gasteiger partial charge is 0.495 e. The molecule has 4 rings (SSSR count). The van der Waals surface area contributed by atoms with Crippen LogP contribution < -0.4 is 15.4 Å². The van der Waals surface area contributed by atoms with Crippen LogP contribution in [0.5, 0.6) is 5.75 Å². The molecule has 0 unspecified atom stereocenters. The topological polar surface area (TPSA) is 84.5 Å². The molecule has 0 spiro atoms. The maximum absolute atomic E-state index is 13.4. The van der Waals surface area contributed by atoms with E-state index in [1.807, 2.05) is 49.4 Å². The third-order valence-corrected chi connectivity index (χ3v) is 7.15. The van der Waals surface area contributed by atoms with Crippen LogP contribution >= 0.6 is 0 Å². The average Bonchev–Trinajstić information content (AvgIpc) is 2.83. The van der Waals surface area contributed by atoms with Crippen molar-refractivity contribution in [2.75, 3.05) is 24.3 Å². The summed E-state index contributed by atoms with van der Waals surface area (Å²) >= 11 is 0. The summed E-state index contributed by atoms with van der Waals surface area (Å²) in [4.78, 5) is 12.8. The van der Waals surface area contributed by atoms with E-state index in [1.54, 1.807) is 42.5 Å². The highest BCUT2D eigenvalue weighted by molar-refractivity contribution is 7.91. The zero-order valence-electron chi connectivity index (χ0n) is 18.3. The number of methoxy groups -OCH3 is 1. The molecule has 168 valence electrons. The number of nitrogens with one attached hydrogen (secondary N) is 2. The molecule has 0 radical (unpaired) electrons. The number of aryl methyl sites for hydroxylation is 1. The van der Waals surface area contributed by atoms with Crippen molar-refractivity contribution in [2.45, 2.75) is 16.7 Å². The summed E-state index contributed by atoms with van der Waals surface area (Å²) < 4.78 is 32.2. The van der Waals surface area contributed by atoms with Crippen molar-refractivity contribution in [2.24, 2.45) is 0 Å². The average molecular weight is 461 g/mol. The molecule has 6 nitrogen and oxygen atoms in total. The lowest BCUT2D eigenvalue weighted by Gasteiger charge is -2.16. The summed E-state index contributed by atoms with van der Waals surface area (Å²) in [6, 6.07) is 24.9. The van der Waals surface area contributed by atoms with Crippen molar-refractivity contribution in [1.82, 2.24) is 0 Å². The molecule has 0 saturated heterocycles. The second kappa shape index (κ2) is 9.34. The van der Waals surface area contributed by atoms with Crippen LogP contribution in [0.4, 0.5) is 11.4 Å². The Morgan fingerprint density at radius 3 is 2.27 bits per heavy atom. The molecule has 33 heavy (non-hydrogen) atoms. The van der Waals surface area contributed by atoms with Crippen molar-refractivity contribution >= 4 is 37.9 Å². The first kappa shape index (κ1) is 22.4. The number of fused-ring (bicyclic) bond motifs is 1. The van der Waals surface area contributed by atoms with Crippen molar-refractivity contribution in [1.29, 1.82) is 0 Å². The van der Waals surface area contributed by atoms with E-state index in [-0.39, 0.29) is 28.0 Å². The third-order valence-electron chi connectivity index (χ3n) is 5.30. The fourth-order valence-electron chi connectivity index (χ4n) is 3.63. The molecule has 4 aromatic rings. The number of sulfone groups is 1. The van der Waals surface area contributed by atoms with Gasteiger partial charge in [-0.05, 0) is 42.6 Å². The van der Waals surface area contributed by atoms with E-state index >= 15 is 0 Å². The number of ether oxygens (including phenoxy) is 1. The Hall–Kier alpha value is -3.84. The Balaban J connectivity index is 1.60. The summed E-state index contributed by atoms with van der Waals surface area (Å²) in [5.41, 5.74) is 1.94. The first-order valence-electron chi connectivity index (χ1n) is 10.4. The van der Waals surface area contributed by atoms with E-state index in [0.717, 1.165) is 16.3 Å². The van der Waals surface area contributed by atoms with Crippen molar-refractivity contribution in [3.8, 4) is 5.75 Å². The van der Waals surface area contributed by atoms with Crippen LogP contribution in [0.3, 0.4) is 0 Å². The minimum absolute atomic E-state index is 0.00526. The summed E-state index contributed by atoms with van der Waals surface area (Å²) in [5.74, 6) is -0.0945. The Morgan fingerprint density at radius 1 is 0.848 bits per heavy atom. The molecule has 4 aromatic carbocycles. The van der Waals surface area contributed by atoms with Crippen LogP contribution in [0.2, 0.25) is 0 Å². The molecule has 0 heterocycles. The van der Waals surface area contributed by atoms with Crippen LogP contribution in [0.1, 0.15) is 5.56 Å². The Morgan fingerprint density at radius 2 is 1.52 bits per heavy atom. The predicted octanol–water partition coefficient (Wildman–Crippen LogP) is 5.04. The Bertz CT molecular complexity index is 1410. The molecular weight excluding hydrogens is 436 g/mol. The number of amides is 1. The lowest BCUT2D eigenvalue weighted by molar-refractivity contribution is -0.114. The zero-order valence-corrected chi connectivity index (χ0v) is 19.1. The second-order valence-electron chi connectivity index (χ2n) is 7.58. The van der Waals surface area contributed by atoms with E-state index in [1.165, 1.54) is 7.11 Å². The SMILES string of the molecule is COc1cccc(NCC(=O)Nc2cccc3ccccc23)c1S(=O)(=O)c1ccc(C)cc1. The number of anilines is 2. The van der Waals surface area contributed by atoms with Crippen LogP contribution in [0.25, 0.3) is 10.8 Å². The van der Waals surface area contributed by atoms with Crippen molar-refractivity contribution in [3.63, 3.8) is 0 Å². The van der Waals surface area contributed by atoms with E-state index < -0.39 is 9.84 Å². The van der Waals surface area contributed by atoms with Gasteiger partial charge in [-0.1, -0.05) is 60.2 Å². The van der Waals surface area contributed by atoms with Gasteiger partial charge in [0.1, 0.15) is 10.6 Å². The van der Waals surface area contributed by atoms with Crippen LogP contribution in [-0.4, -0.2) is 28.0 Å². The molecule has 0 aromatic heterocycles. The zero-order chi connectivity index (χ0) is 23.4. The normalized spacial score (nSPS) is 11.2. The highest BCUT2D eigenvalue weighted by Crippen LogP contribution is 2.35. The lowest BCUT2D eigenvalue weighted by Crippen LogP contribution is -2.23. The summed E-state index contributed by atoms with van der Waals surface area (Å²) in [5, 5.41) is 7.81. The maximum atomic E-state index is 13.4. The van der Waals surface area contributed by atoms with Crippen molar-refractivity contribution < 1.29 is 17.9 Å². The van der Waals surface area contributed by atoms with Crippen molar-refractivity contribution in [3.05, 3.63) is 90.5 Å². The summed E-state index contributed by atoms with van der Waals surface area (Å²) in [6.07, 6.45) is 0. The van der Waals surface area contributed by atoms with Gasteiger partial charge in [-0.3, -0.25) is 4.79 Å². The first-order valence-corrected chi connectivity index (χ1v) is 11.9. The van der Waals surface area contributed by atoms with Crippen LogP contribution in [0.15, 0.2) is 94.7 Å². The molecule has 0 bridgehead atoms. The molecule has 1 amide bonds. The highest BCUT2D eigenvalue weighted by Gasteiger charge is 2.26. The minimum Gasteiger partial charge on any atom is -0.495 e. The molecule has 0 saturated carbocycles. The van der Waals surface area contributed by atoms with E-state index in [2.05, 4.69) is 10.6 Å². The van der Waals surface area contributed by atoms with Gasteiger partial charge >= 0.3 is 0 Å². The van der Waals surface area contributed by atoms with Gasteiger partial charge in [-0.2, -0.15) is 0 Å². The van der Waals surface area contributed by atoms with Gasteiger partial charge in [0.2, 0.25) is 15.7 Å². The molecule has 2 N–H and O–H groups in total. The number of carbonyl (C=O) groups is 1. The summed E-state index contributed by atoms with van der Waals surface area (Å²) in [6.45, 7) is 1.77. The lowest BCUT2D eigenvalue weighted by atomic mass is 10.1. The molecule has 0 atom stereocenters. The molecule has 0 fully saturated rings. The monoisotopic (exact) mass is 460 g/mol. The maximum Gasteiger partial charge on any atom is 0.243 e. The summed E-state index contributed by atoms with van der Waals surface area (Å²) in [7, 11) is -2.47. The predicted molar refractivity (Wildman–Crippen MR) is 131 cm³/mol. The minimum atomic E-state index is -3.88.